The van der Waals surface area contributed by atoms with Crippen molar-refractivity contribution in [1.82, 2.24) is 0 Å². The van der Waals surface area contributed by atoms with Crippen molar-refractivity contribution in [3.8, 4) is 0 Å². The lowest BCUT2D eigenvalue weighted by Crippen LogP contribution is -2.31. The maximum Gasteiger partial charge on any atom is 0.311 e. The lowest BCUT2D eigenvalue weighted by atomic mass is 9.90. The zero-order chi connectivity index (χ0) is 12.8. The fourth-order valence-corrected chi connectivity index (χ4v) is 0.994. The van der Waals surface area contributed by atoms with E-state index < -0.39 is 5.41 Å². The molecule has 4 nitrogen and oxygen atoms in total. The average molecular weight is 230 g/mol. The highest BCUT2D eigenvalue weighted by atomic mass is 16.6. The third-order valence-corrected chi connectivity index (χ3v) is 2.79. The smallest absolute Gasteiger partial charge is 0.311 e. The Morgan fingerprint density at radius 3 is 2.19 bits per heavy atom. The van der Waals surface area contributed by atoms with Crippen molar-refractivity contribution < 1.29 is 19.1 Å². The minimum absolute atomic E-state index is 0.124. The molecule has 0 aromatic carbocycles. The van der Waals surface area contributed by atoms with Gasteiger partial charge in [-0.3, -0.25) is 9.59 Å². The number of esters is 2. The molecule has 0 amide bonds. The number of methoxy groups -OCH3 is 1. The van der Waals surface area contributed by atoms with Gasteiger partial charge in [0.1, 0.15) is 6.10 Å². The molecule has 0 bridgehead atoms. The van der Waals surface area contributed by atoms with Crippen LogP contribution in [0.2, 0.25) is 0 Å². The van der Waals surface area contributed by atoms with E-state index in [1.54, 1.807) is 0 Å². The summed E-state index contributed by atoms with van der Waals surface area (Å²) in [5.41, 5.74) is -0.496. The molecule has 0 aromatic heterocycles. The van der Waals surface area contributed by atoms with Crippen LogP contribution in [0.3, 0.4) is 0 Å². The van der Waals surface area contributed by atoms with Gasteiger partial charge < -0.3 is 9.47 Å². The summed E-state index contributed by atoms with van der Waals surface area (Å²) in [4.78, 5) is 22.8. The Labute approximate surface area is 97.3 Å². The molecule has 0 aliphatic carbocycles. The molecule has 0 saturated carbocycles. The monoisotopic (exact) mass is 230 g/mol. The van der Waals surface area contributed by atoms with Gasteiger partial charge in [0.2, 0.25) is 0 Å². The molecule has 1 unspecified atom stereocenters. The molecule has 0 rings (SSSR count). The number of hydrogen-bond acceptors (Lipinski definition) is 4. The van der Waals surface area contributed by atoms with E-state index in [1.165, 1.54) is 7.11 Å². The van der Waals surface area contributed by atoms with Gasteiger partial charge in [0.05, 0.1) is 18.9 Å². The zero-order valence-electron chi connectivity index (χ0n) is 10.8. The Balaban J connectivity index is 4.33. The highest BCUT2D eigenvalue weighted by molar-refractivity contribution is 5.76. The highest BCUT2D eigenvalue weighted by Gasteiger charge is 2.29. The first-order valence-electron chi connectivity index (χ1n) is 5.65. The van der Waals surface area contributed by atoms with Crippen LogP contribution in [0, 0.1) is 5.41 Å². The minimum Gasteiger partial charge on any atom is -0.469 e. The molecule has 0 saturated heterocycles. The summed E-state index contributed by atoms with van der Waals surface area (Å²) < 4.78 is 9.83. The molecule has 1 atom stereocenters. The largest absolute Gasteiger partial charge is 0.469 e. The van der Waals surface area contributed by atoms with Gasteiger partial charge in [-0.15, -0.1) is 0 Å². The first-order chi connectivity index (χ1) is 7.37. The maximum atomic E-state index is 11.8. The van der Waals surface area contributed by atoms with Crippen molar-refractivity contribution in [2.75, 3.05) is 7.11 Å². The Morgan fingerprint density at radius 2 is 1.81 bits per heavy atom. The summed E-state index contributed by atoms with van der Waals surface area (Å²) >= 11 is 0. The van der Waals surface area contributed by atoms with E-state index in [0.29, 0.717) is 12.8 Å². The van der Waals surface area contributed by atoms with Crippen molar-refractivity contribution in [3.63, 3.8) is 0 Å². The van der Waals surface area contributed by atoms with Crippen molar-refractivity contribution in [2.24, 2.45) is 5.41 Å². The van der Waals surface area contributed by atoms with Crippen molar-refractivity contribution in [2.45, 2.75) is 53.1 Å². The quantitative estimate of drug-likeness (QED) is 0.657. The van der Waals surface area contributed by atoms with Crippen LogP contribution in [-0.2, 0) is 19.1 Å². The molecule has 94 valence electrons. The second-order valence-electron chi connectivity index (χ2n) is 4.45. The third-order valence-electron chi connectivity index (χ3n) is 2.79. The Hall–Kier alpha value is -1.06. The van der Waals surface area contributed by atoms with E-state index in [2.05, 4.69) is 4.74 Å². The van der Waals surface area contributed by atoms with Gasteiger partial charge in [-0.25, -0.2) is 0 Å². The fourth-order valence-electron chi connectivity index (χ4n) is 0.994. The number of ether oxygens (including phenoxy) is 2. The maximum absolute atomic E-state index is 11.8. The molecule has 4 heteroatoms. The SMILES string of the molecule is CCC(CC(=O)OC)OC(=O)C(C)(C)CC. The van der Waals surface area contributed by atoms with E-state index in [4.69, 9.17) is 4.74 Å². The lowest BCUT2D eigenvalue weighted by Gasteiger charge is -2.24. The van der Waals surface area contributed by atoms with Crippen LogP contribution in [-0.4, -0.2) is 25.2 Å². The van der Waals surface area contributed by atoms with Gasteiger partial charge in [0.15, 0.2) is 0 Å². The number of hydrogen-bond donors (Lipinski definition) is 0. The minimum atomic E-state index is -0.496. The molecule has 0 heterocycles. The summed E-state index contributed by atoms with van der Waals surface area (Å²) in [5.74, 6) is -0.611. The van der Waals surface area contributed by atoms with Gasteiger partial charge in [-0.2, -0.15) is 0 Å². The van der Waals surface area contributed by atoms with E-state index in [9.17, 15) is 9.59 Å². The number of rotatable bonds is 6. The van der Waals surface area contributed by atoms with E-state index in [-0.39, 0.29) is 24.5 Å². The van der Waals surface area contributed by atoms with Gasteiger partial charge in [-0.05, 0) is 26.7 Å². The first kappa shape index (κ1) is 14.9. The van der Waals surface area contributed by atoms with Gasteiger partial charge in [-0.1, -0.05) is 13.8 Å². The van der Waals surface area contributed by atoms with Crippen molar-refractivity contribution in [1.29, 1.82) is 0 Å². The van der Waals surface area contributed by atoms with Crippen LogP contribution in [0.15, 0.2) is 0 Å². The third kappa shape index (κ3) is 4.64. The molecule has 16 heavy (non-hydrogen) atoms. The van der Waals surface area contributed by atoms with Crippen molar-refractivity contribution in [3.05, 3.63) is 0 Å². The summed E-state index contributed by atoms with van der Waals surface area (Å²) in [7, 11) is 1.33. The second kappa shape index (κ2) is 6.51. The molecule has 0 N–H and O–H groups in total. The van der Waals surface area contributed by atoms with E-state index >= 15 is 0 Å². The summed E-state index contributed by atoms with van der Waals surface area (Å²) in [6.45, 7) is 7.47. The topological polar surface area (TPSA) is 52.6 Å². The molecule has 0 fully saturated rings. The molecule has 0 aliphatic rings. The highest BCUT2D eigenvalue weighted by Crippen LogP contribution is 2.23. The average Bonchev–Trinajstić information content (AvgIpc) is 2.27. The van der Waals surface area contributed by atoms with Gasteiger partial charge >= 0.3 is 11.9 Å². The molecular formula is C12H22O4. The Kier molecular flexibility index (Phi) is 6.08. The second-order valence-corrected chi connectivity index (χ2v) is 4.45. The van der Waals surface area contributed by atoms with Crippen LogP contribution in [0.25, 0.3) is 0 Å². The van der Waals surface area contributed by atoms with Crippen LogP contribution in [0.1, 0.15) is 47.0 Å². The summed E-state index contributed by atoms with van der Waals surface area (Å²) in [6, 6.07) is 0. The fraction of sp³-hybridized carbons (Fsp3) is 0.833. The van der Waals surface area contributed by atoms with Crippen LogP contribution in [0.5, 0.6) is 0 Å². The summed E-state index contributed by atoms with van der Waals surface area (Å²) in [6.07, 6.45) is 1.06. The molecular weight excluding hydrogens is 208 g/mol. The predicted molar refractivity (Wildman–Crippen MR) is 60.9 cm³/mol. The molecule has 0 aromatic rings. The molecule has 0 spiro atoms. The number of carbonyl (C=O) groups is 2. The number of carbonyl (C=O) groups excluding carboxylic acids is 2. The van der Waals surface area contributed by atoms with Gasteiger partial charge in [0.25, 0.3) is 0 Å². The normalized spacial score (nSPS) is 13.1. The van der Waals surface area contributed by atoms with Crippen LogP contribution >= 0.6 is 0 Å². The van der Waals surface area contributed by atoms with E-state index in [0.717, 1.165) is 0 Å². The zero-order valence-corrected chi connectivity index (χ0v) is 10.8. The lowest BCUT2D eigenvalue weighted by molar-refractivity contribution is -0.162. The van der Waals surface area contributed by atoms with E-state index in [1.807, 2.05) is 27.7 Å². The first-order valence-corrected chi connectivity index (χ1v) is 5.65. The van der Waals surface area contributed by atoms with Crippen LogP contribution in [0.4, 0.5) is 0 Å². The Bertz CT molecular complexity index is 245. The molecule has 0 radical (unpaired) electrons. The molecule has 0 aliphatic heterocycles. The predicted octanol–water partition coefficient (Wildman–Crippen LogP) is 2.31. The van der Waals surface area contributed by atoms with Crippen molar-refractivity contribution >= 4 is 11.9 Å². The van der Waals surface area contributed by atoms with Crippen LogP contribution < -0.4 is 0 Å². The standard InChI is InChI=1S/C12H22O4/c1-6-9(8-10(13)15-5)16-11(14)12(3,4)7-2/h9H,6-8H2,1-5H3. The van der Waals surface area contributed by atoms with Gasteiger partial charge in [0, 0.05) is 0 Å². The Morgan fingerprint density at radius 1 is 1.25 bits per heavy atom. The summed E-state index contributed by atoms with van der Waals surface area (Å²) in [5, 5.41) is 0.